The lowest BCUT2D eigenvalue weighted by Crippen LogP contribution is -2.34. The van der Waals surface area contributed by atoms with Gasteiger partial charge in [0, 0.05) is 19.2 Å². The number of aliphatic hydroxyl groups is 1. The van der Waals surface area contributed by atoms with Crippen LogP contribution in [0, 0.1) is 21.4 Å². The minimum absolute atomic E-state index is 0.0510. The Bertz CT molecular complexity index is 723. The summed E-state index contributed by atoms with van der Waals surface area (Å²) in [5.41, 5.74) is -0.313. The Morgan fingerprint density at radius 1 is 1.44 bits per heavy atom. The maximum atomic E-state index is 12.3. The van der Waals surface area contributed by atoms with Crippen LogP contribution in [0.3, 0.4) is 0 Å². The summed E-state index contributed by atoms with van der Waals surface area (Å²) in [7, 11) is 2.60. The van der Waals surface area contributed by atoms with E-state index in [1.807, 2.05) is 0 Å². The van der Waals surface area contributed by atoms with E-state index in [1.54, 1.807) is 13.0 Å². The third kappa shape index (κ3) is 4.68. The van der Waals surface area contributed by atoms with Crippen LogP contribution < -0.4 is 9.47 Å². The molecule has 0 saturated carbocycles. The highest BCUT2D eigenvalue weighted by Gasteiger charge is 2.22. The first kappa shape index (κ1) is 19.9. The van der Waals surface area contributed by atoms with Gasteiger partial charge in [-0.15, -0.1) is 0 Å². The molecule has 0 aliphatic heterocycles. The summed E-state index contributed by atoms with van der Waals surface area (Å²) in [4.78, 5) is 24.2. The molecule has 1 aromatic rings. The molecule has 1 rings (SSSR count). The fourth-order valence-corrected chi connectivity index (χ4v) is 2.19. The molecule has 0 heterocycles. The number of hydrogen-bond acceptors (Lipinski definition) is 7. The van der Waals surface area contributed by atoms with E-state index in [0.29, 0.717) is 6.54 Å². The Hall–Kier alpha value is -3.12. The number of nitriles is 1. The number of nitrogens with zero attached hydrogens (tertiary/aromatic N) is 3. The van der Waals surface area contributed by atoms with Crippen molar-refractivity contribution < 1.29 is 24.3 Å². The highest BCUT2D eigenvalue weighted by molar-refractivity contribution is 6.01. The SMILES string of the molecule is CCN(CCO)C(=O)/C(C#N)=C/c1cc(OC)c(OC)c([N+](=O)[O-])c1. The van der Waals surface area contributed by atoms with Crippen LogP contribution in [0.2, 0.25) is 0 Å². The Labute approximate surface area is 144 Å². The normalized spacial score (nSPS) is 10.8. The molecule has 0 fully saturated rings. The first-order chi connectivity index (χ1) is 11.9. The molecule has 25 heavy (non-hydrogen) atoms. The van der Waals surface area contributed by atoms with Gasteiger partial charge in [0.1, 0.15) is 11.6 Å². The molecule has 1 N–H and O–H groups in total. The topological polar surface area (TPSA) is 126 Å². The molecule has 134 valence electrons. The molecule has 0 saturated heterocycles. The zero-order valence-electron chi connectivity index (χ0n) is 14.2. The first-order valence-corrected chi connectivity index (χ1v) is 7.35. The van der Waals surface area contributed by atoms with Gasteiger partial charge in [0.2, 0.25) is 5.75 Å². The van der Waals surface area contributed by atoms with Gasteiger partial charge in [-0.1, -0.05) is 0 Å². The minimum atomic E-state index is -0.642. The number of nitro groups is 1. The summed E-state index contributed by atoms with van der Waals surface area (Å²) in [5, 5.41) is 29.5. The van der Waals surface area contributed by atoms with Crippen molar-refractivity contribution in [1.82, 2.24) is 4.90 Å². The van der Waals surface area contributed by atoms with Crippen LogP contribution in [0.5, 0.6) is 11.5 Å². The molecular formula is C16H19N3O6. The lowest BCUT2D eigenvalue weighted by molar-refractivity contribution is -0.385. The number of ether oxygens (including phenoxy) is 2. The van der Waals surface area contributed by atoms with E-state index < -0.39 is 10.8 Å². The summed E-state index contributed by atoms with van der Waals surface area (Å²) < 4.78 is 10.1. The van der Waals surface area contributed by atoms with Crippen molar-refractivity contribution in [2.24, 2.45) is 0 Å². The average Bonchev–Trinajstić information content (AvgIpc) is 2.62. The van der Waals surface area contributed by atoms with Crippen LogP contribution in [0.1, 0.15) is 12.5 Å². The highest BCUT2D eigenvalue weighted by Crippen LogP contribution is 2.38. The molecule has 9 heteroatoms. The number of methoxy groups -OCH3 is 2. The Morgan fingerprint density at radius 2 is 2.12 bits per heavy atom. The van der Waals surface area contributed by atoms with Gasteiger partial charge in [-0.2, -0.15) is 5.26 Å². The Balaban J connectivity index is 3.41. The van der Waals surface area contributed by atoms with Gasteiger partial charge in [0.25, 0.3) is 5.91 Å². The summed E-state index contributed by atoms with van der Waals surface area (Å²) in [6.45, 7) is 1.87. The molecule has 0 aliphatic rings. The van der Waals surface area contributed by atoms with Crippen molar-refractivity contribution >= 4 is 17.7 Å². The van der Waals surface area contributed by atoms with Gasteiger partial charge in [0.05, 0.1) is 25.7 Å². The molecule has 0 spiro atoms. The maximum absolute atomic E-state index is 12.3. The van der Waals surface area contributed by atoms with E-state index in [0.717, 1.165) is 0 Å². The van der Waals surface area contributed by atoms with E-state index >= 15 is 0 Å². The van der Waals surface area contributed by atoms with Gasteiger partial charge in [-0.3, -0.25) is 14.9 Å². The molecule has 1 amide bonds. The number of amides is 1. The zero-order valence-corrected chi connectivity index (χ0v) is 14.2. The van der Waals surface area contributed by atoms with Crippen LogP contribution in [0.25, 0.3) is 6.08 Å². The molecule has 0 radical (unpaired) electrons. The molecule has 1 aromatic carbocycles. The number of rotatable bonds is 8. The number of carbonyl (C=O) groups is 1. The van der Waals surface area contributed by atoms with Gasteiger partial charge in [-0.25, -0.2) is 0 Å². The summed E-state index contributed by atoms with van der Waals surface area (Å²) >= 11 is 0. The zero-order chi connectivity index (χ0) is 19.0. The van der Waals surface area contributed by atoms with Crippen molar-refractivity contribution in [2.45, 2.75) is 6.92 Å². The molecule has 0 aliphatic carbocycles. The molecule has 0 unspecified atom stereocenters. The summed E-state index contributed by atoms with van der Waals surface area (Å²) in [5.74, 6) is -0.517. The van der Waals surface area contributed by atoms with E-state index in [9.17, 15) is 20.2 Å². The van der Waals surface area contributed by atoms with Crippen molar-refractivity contribution in [2.75, 3.05) is 33.9 Å². The standard InChI is InChI=1S/C16H19N3O6/c1-4-18(5-6-20)16(21)12(10-17)7-11-8-13(19(22)23)15(25-3)14(9-11)24-2/h7-9,20H,4-6H2,1-3H3/b12-7+. The van der Waals surface area contributed by atoms with Gasteiger partial charge in [0.15, 0.2) is 5.75 Å². The lowest BCUT2D eigenvalue weighted by atomic mass is 10.1. The van der Waals surface area contributed by atoms with Crippen molar-refractivity contribution in [3.63, 3.8) is 0 Å². The maximum Gasteiger partial charge on any atom is 0.315 e. The van der Waals surface area contributed by atoms with Crippen molar-refractivity contribution in [1.29, 1.82) is 5.26 Å². The van der Waals surface area contributed by atoms with Crippen LogP contribution in [0.4, 0.5) is 5.69 Å². The number of hydrogen-bond donors (Lipinski definition) is 1. The van der Waals surface area contributed by atoms with Gasteiger partial charge < -0.3 is 19.5 Å². The minimum Gasteiger partial charge on any atom is -0.493 e. The quantitative estimate of drug-likeness (QED) is 0.325. The number of carbonyl (C=O) groups excluding carboxylic acids is 1. The van der Waals surface area contributed by atoms with Crippen molar-refractivity contribution in [3.8, 4) is 17.6 Å². The Kier molecular flexibility index (Phi) is 7.37. The smallest absolute Gasteiger partial charge is 0.315 e. The van der Waals surface area contributed by atoms with Crippen LogP contribution in [-0.4, -0.2) is 54.8 Å². The monoisotopic (exact) mass is 349 g/mol. The predicted octanol–water partition coefficient (Wildman–Crippen LogP) is 1.36. The van der Waals surface area contributed by atoms with Gasteiger partial charge in [-0.05, 0) is 24.6 Å². The molecule has 0 atom stereocenters. The third-order valence-corrected chi connectivity index (χ3v) is 3.38. The Morgan fingerprint density at radius 3 is 2.56 bits per heavy atom. The van der Waals surface area contributed by atoms with Crippen LogP contribution in [-0.2, 0) is 4.79 Å². The molecule has 0 aromatic heterocycles. The molecular weight excluding hydrogens is 330 g/mol. The van der Waals surface area contributed by atoms with E-state index in [1.165, 1.54) is 37.3 Å². The summed E-state index contributed by atoms with van der Waals surface area (Å²) in [6.07, 6.45) is 1.23. The summed E-state index contributed by atoms with van der Waals surface area (Å²) in [6, 6.07) is 4.40. The van der Waals surface area contributed by atoms with E-state index in [2.05, 4.69) is 0 Å². The van der Waals surface area contributed by atoms with Crippen LogP contribution >= 0.6 is 0 Å². The second kappa shape index (κ2) is 9.24. The fraction of sp³-hybridized carbons (Fsp3) is 0.375. The predicted molar refractivity (Wildman–Crippen MR) is 89.1 cm³/mol. The second-order valence-corrected chi connectivity index (χ2v) is 4.81. The first-order valence-electron chi connectivity index (χ1n) is 7.35. The largest absolute Gasteiger partial charge is 0.493 e. The molecule has 0 bridgehead atoms. The van der Waals surface area contributed by atoms with E-state index in [-0.39, 0.29) is 41.5 Å². The number of nitro benzene ring substituents is 1. The lowest BCUT2D eigenvalue weighted by Gasteiger charge is -2.19. The average molecular weight is 349 g/mol. The highest BCUT2D eigenvalue weighted by atomic mass is 16.6. The number of likely N-dealkylation sites (N-methyl/N-ethyl adjacent to an activating group) is 1. The van der Waals surface area contributed by atoms with Crippen LogP contribution in [0.15, 0.2) is 17.7 Å². The van der Waals surface area contributed by atoms with E-state index in [4.69, 9.17) is 14.6 Å². The fourth-order valence-electron chi connectivity index (χ4n) is 2.19. The number of benzene rings is 1. The third-order valence-electron chi connectivity index (χ3n) is 3.38. The number of aliphatic hydroxyl groups excluding tert-OH is 1. The molecule has 9 nitrogen and oxygen atoms in total. The van der Waals surface area contributed by atoms with Crippen molar-refractivity contribution in [3.05, 3.63) is 33.4 Å². The second-order valence-electron chi connectivity index (χ2n) is 4.81. The van der Waals surface area contributed by atoms with Gasteiger partial charge >= 0.3 is 5.69 Å².